The van der Waals surface area contributed by atoms with Gasteiger partial charge in [0.05, 0.1) is 6.67 Å². The van der Waals surface area contributed by atoms with E-state index >= 15 is 0 Å². The molecule has 0 saturated heterocycles. The van der Waals surface area contributed by atoms with Crippen molar-refractivity contribution in [2.24, 2.45) is 5.10 Å². The molecule has 0 aliphatic heterocycles. The first-order chi connectivity index (χ1) is 2.91. The molecular weight excluding hydrogens is 78.1 g/mol. The third-order valence-corrected chi connectivity index (χ3v) is 0.368. The van der Waals surface area contributed by atoms with Crippen LogP contribution in [-0.4, -0.2) is 20.4 Å². The molecule has 0 radical (unpaired) electrons. The second-order valence-corrected chi connectivity index (χ2v) is 0.847. The zero-order chi connectivity index (χ0) is 4.83. The highest BCUT2D eigenvalue weighted by molar-refractivity contribution is 5.22. The molecule has 0 aromatic heterocycles. The standard InChI is InChI=1S/C3H9N3/c1-4-3-6-5-2/h4,6H,2-3H2,1H3. The third-order valence-electron chi connectivity index (χ3n) is 0.368. The Balaban J connectivity index is 2.49. The van der Waals surface area contributed by atoms with Gasteiger partial charge in [0, 0.05) is 6.72 Å². The minimum absolute atomic E-state index is 0.684. The molecule has 0 bridgehead atoms. The van der Waals surface area contributed by atoms with Gasteiger partial charge in [-0.2, -0.15) is 5.10 Å². The highest BCUT2D eigenvalue weighted by Gasteiger charge is 1.63. The lowest BCUT2D eigenvalue weighted by Crippen LogP contribution is -2.20. The molecule has 3 nitrogen and oxygen atoms in total. The van der Waals surface area contributed by atoms with E-state index in [0.29, 0.717) is 6.67 Å². The van der Waals surface area contributed by atoms with Gasteiger partial charge in [-0.15, -0.1) is 0 Å². The van der Waals surface area contributed by atoms with E-state index in [4.69, 9.17) is 0 Å². The Morgan fingerprint density at radius 1 is 1.83 bits per heavy atom. The molecule has 0 aromatic rings. The number of rotatable bonds is 3. The Morgan fingerprint density at radius 3 is 2.67 bits per heavy atom. The van der Waals surface area contributed by atoms with Gasteiger partial charge in [0.15, 0.2) is 0 Å². The zero-order valence-electron chi connectivity index (χ0n) is 3.86. The van der Waals surface area contributed by atoms with E-state index in [1.807, 2.05) is 7.05 Å². The molecule has 0 aliphatic rings. The number of nitrogens with one attached hydrogen (secondary N) is 2. The first-order valence-electron chi connectivity index (χ1n) is 1.75. The van der Waals surface area contributed by atoms with Crippen molar-refractivity contribution in [3.05, 3.63) is 0 Å². The fourth-order valence-electron chi connectivity index (χ4n) is 0.135. The normalized spacial score (nSPS) is 7.50. The average molecular weight is 87.1 g/mol. The summed E-state index contributed by atoms with van der Waals surface area (Å²) in [6.07, 6.45) is 0. The van der Waals surface area contributed by atoms with Crippen molar-refractivity contribution in [1.29, 1.82) is 0 Å². The number of hydrazone groups is 1. The lowest BCUT2D eigenvalue weighted by molar-refractivity contribution is 0.667. The van der Waals surface area contributed by atoms with Crippen LogP contribution in [0.25, 0.3) is 0 Å². The molecule has 0 amide bonds. The molecule has 6 heavy (non-hydrogen) atoms. The van der Waals surface area contributed by atoms with Crippen LogP contribution >= 0.6 is 0 Å². The highest BCUT2D eigenvalue weighted by atomic mass is 15.3. The van der Waals surface area contributed by atoms with Crippen molar-refractivity contribution in [3.8, 4) is 0 Å². The van der Waals surface area contributed by atoms with E-state index in [2.05, 4.69) is 22.6 Å². The molecule has 2 N–H and O–H groups in total. The number of nitrogens with zero attached hydrogens (tertiary/aromatic N) is 1. The maximum atomic E-state index is 3.36. The first kappa shape index (κ1) is 5.43. The molecule has 0 rings (SSSR count). The van der Waals surface area contributed by atoms with Crippen LogP contribution in [0.15, 0.2) is 5.10 Å². The van der Waals surface area contributed by atoms with Crippen LogP contribution in [0.2, 0.25) is 0 Å². The van der Waals surface area contributed by atoms with Crippen LogP contribution in [0.1, 0.15) is 0 Å². The SMILES string of the molecule is C=NNCNC. The molecule has 0 spiro atoms. The second kappa shape index (κ2) is 4.43. The molecule has 0 saturated carbocycles. The minimum atomic E-state index is 0.684. The topological polar surface area (TPSA) is 36.4 Å². The van der Waals surface area contributed by atoms with Gasteiger partial charge in [-0.05, 0) is 7.05 Å². The van der Waals surface area contributed by atoms with Gasteiger partial charge >= 0.3 is 0 Å². The molecule has 0 atom stereocenters. The molecular formula is C3H9N3. The maximum Gasteiger partial charge on any atom is 0.0820 e. The predicted molar refractivity (Wildman–Crippen MR) is 26.6 cm³/mol. The Labute approximate surface area is 37.4 Å². The monoisotopic (exact) mass is 87.1 g/mol. The Hall–Kier alpha value is -0.570. The van der Waals surface area contributed by atoms with Crippen LogP contribution in [0.5, 0.6) is 0 Å². The van der Waals surface area contributed by atoms with E-state index in [-0.39, 0.29) is 0 Å². The molecule has 0 heterocycles. The van der Waals surface area contributed by atoms with Gasteiger partial charge in [-0.1, -0.05) is 0 Å². The molecule has 0 unspecified atom stereocenters. The summed E-state index contributed by atoms with van der Waals surface area (Å²) in [5, 5.41) is 6.19. The fraction of sp³-hybridized carbons (Fsp3) is 0.667. The Morgan fingerprint density at radius 2 is 2.50 bits per heavy atom. The maximum absolute atomic E-state index is 3.36. The first-order valence-corrected chi connectivity index (χ1v) is 1.75. The number of hydrogen-bond donors (Lipinski definition) is 2. The summed E-state index contributed by atoms with van der Waals surface area (Å²) >= 11 is 0. The van der Waals surface area contributed by atoms with Crippen LogP contribution in [-0.2, 0) is 0 Å². The van der Waals surface area contributed by atoms with Crippen molar-refractivity contribution in [2.75, 3.05) is 13.7 Å². The summed E-state index contributed by atoms with van der Waals surface area (Å²) in [4.78, 5) is 0. The molecule has 36 valence electrons. The van der Waals surface area contributed by atoms with E-state index in [1.165, 1.54) is 0 Å². The van der Waals surface area contributed by atoms with Gasteiger partial charge < -0.3 is 5.32 Å². The summed E-state index contributed by atoms with van der Waals surface area (Å²) in [6, 6.07) is 0. The van der Waals surface area contributed by atoms with Crippen molar-refractivity contribution in [3.63, 3.8) is 0 Å². The van der Waals surface area contributed by atoms with Gasteiger partial charge in [0.1, 0.15) is 0 Å². The zero-order valence-corrected chi connectivity index (χ0v) is 3.86. The summed E-state index contributed by atoms with van der Waals surface area (Å²) in [5.41, 5.74) is 2.60. The largest absolute Gasteiger partial charge is 0.302 e. The molecule has 3 heteroatoms. The van der Waals surface area contributed by atoms with Gasteiger partial charge in [-0.3, -0.25) is 5.43 Å². The van der Waals surface area contributed by atoms with Crippen molar-refractivity contribution in [1.82, 2.24) is 10.7 Å². The van der Waals surface area contributed by atoms with Crippen LogP contribution in [0, 0.1) is 0 Å². The summed E-state index contributed by atoms with van der Waals surface area (Å²) < 4.78 is 0. The molecule has 0 fully saturated rings. The summed E-state index contributed by atoms with van der Waals surface area (Å²) in [6.45, 7) is 3.88. The summed E-state index contributed by atoms with van der Waals surface area (Å²) in [7, 11) is 1.83. The molecule has 0 aromatic carbocycles. The molecule has 0 aliphatic carbocycles. The van der Waals surface area contributed by atoms with Gasteiger partial charge in [0.2, 0.25) is 0 Å². The Bertz CT molecular complexity index is 35.0. The third kappa shape index (κ3) is 3.43. The quantitative estimate of drug-likeness (QED) is 0.208. The van der Waals surface area contributed by atoms with E-state index in [0.717, 1.165) is 0 Å². The number of hydrogen-bond acceptors (Lipinski definition) is 3. The van der Waals surface area contributed by atoms with E-state index in [1.54, 1.807) is 0 Å². The Kier molecular flexibility index (Phi) is 4.01. The van der Waals surface area contributed by atoms with E-state index < -0.39 is 0 Å². The van der Waals surface area contributed by atoms with Crippen LogP contribution in [0.3, 0.4) is 0 Å². The highest BCUT2D eigenvalue weighted by Crippen LogP contribution is 1.42. The lowest BCUT2D eigenvalue weighted by atomic mass is 11.1. The van der Waals surface area contributed by atoms with Crippen molar-refractivity contribution >= 4 is 6.72 Å². The smallest absolute Gasteiger partial charge is 0.0820 e. The van der Waals surface area contributed by atoms with Gasteiger partial charge in [0.25, 0.3) is 0 Å². The van der Waals surface area contributed by atoms with Gasteiger partial charge in [-0.25, -0.2) is 0 Å². The second-order valence-electron chi connectivity index (χ2n) is 0.847. The summed E-state index contributed by atoms with van der Waals surface area (Å²) in [5.74, 6) is 0. The predicted octanol–water partition coefficient (Wildman–Crippen LogP) is -0.632. The average Bonchev–Trinajstić information content (AvgIpc) is 1.61. The lowest BCUT2D eigenvalue weighted by Gasteiger charge is -1.91. The minimum Gasteiger partial charge on any atom is -0.302 e. The van der Waals surface area contributed by atoms with Crippen LogP contribution in [0.4, 0.5) is 0 Å². The van der Waals surface area contributed by atoms with Crippen molar-refractivity contribution in [2.45, 2.75) is 0 Å². The fourth-order valence-corrected chi connectivity index (χ4v) is 0.135. The van der Waals surface area contributed by atoms with E-state index in [9.17, 15) is 0 Å². The van der Waals surface area contributed by atoms with Crippen LogP contribution < -0.4 is 10.7 Å². The van der Waals surface area contributed by atoms with Crippen molar-refractivity contribution < 1.29 is 0 Å².